The lowest BCUT2D eigenvalue weighted by Gasteiger charge is -2.29. The van der Waals surface area contributed by atoms with Gasteiger partial charge in [0.1, 0.15) is 0 Å². The van der Waals surface area contributed by atoms with Crippen LogP contribution in [0.1, 0.15) is 27.0 Å². The summed E-state index contributed by atoms with van der Waals surface area (Å²) in [5.41, 5.74) is 2.17. The van der Waals surface area contributed by atoms with E-state index in [0.717, 1.165) is 10.5 Å². The van der Waals surface area contributed by atoms with Gasteiger partial charge in [0.15, 0.2) is 5.75 Å². The van der Waals surface area contributed by atoms with Crippen molar-refractivity contribution in [2.45, 2.75) is 6.92 Å². The standard InChI is InChI=1S/C23H16N2O5/c1-14-6-2-5-9-19(14)24-22(27)17-8-4-3-7-16(17)18(23(24)28)12-15-10-11-21(26)20(13-15)25(29)30/h2-13,26H,1H3. The number of fused-ring (bicyclic) bond motifs is 1. The molecule has 4 rings (SSSR count). The van der Waals surface area contributed by atoms with Crippen molar-refractivity contribution in [3.05, 3.63) is 99.1 Å². The summed E-state index contributed by atoms with van der Waals surface area (Å²) in [6, 6.07) is 17.7. The molecular weight excluding hydrogens is 384 g/mol. The first-order valence-electron chi connectivity index (χ1n) is 9.11. The van der Waals surface area contributed by atoms with Gasteiger partial charge in [-0.05, 0) is 47.9 Å². The van der Waals surface area contributed by atoms with Gasteiger partial charge in [0.05, 0.1) is 10.6 Å². The van der Waals surface area contributed by atoms with Gasteiger partial charge in [-0.1, -0.05) is 42.5 Å². The second-order valence-corrected chi connectivity index (χ2v) is 6.84. The van der Waals surface area contributed by atoms with Crippen LogP contribution in [0.4, 0.5) is 11.4 Å². The van der Waals surface area contributed by atoms with Gasteiger partial charge < -0.3 is 5.11 Å². The molecule has 0 saturated carbocycles. The molecule has 1 heterocycles. The topological polar surface area (TPSA) is 101 Å². The van der Waals surface area contributed by atoms with Crippen LogP contribution in [0, 0.1) is 17.0 Å². The zero-order chi connectivity index (χ0) is 21.4. The number of carbonyl (C=O) groups excluding carboxylic acids is 2. The number of aryl methyl sites for hydroxylation is 1. The lowest BCUT2D eigenvalue weighted by molar-refractivity contribution is -0.385. The van der Waals surface area contributed by atoms with E-state index in [4.69, 9.17) is 0 Å². The van der Waals surface area contributed by atoms with Crippen molar-refractivity contribution in [3.8, 4) is 5.75 Å². The van der Waals surface area contributed by atoms with Crippen LogP contribution >= 0.6 is 0 Å². The first-order chi connectivity index (χ1) is 14.4. The van der Waals surface area contributed by atoms with Crippen LogP contribution in [0.5, 0.6) is 5.75 Å². The zero-order valence-corrected chi connectivity index (χ0v) is 15.9. The first kappa shape index (κ1) is 19.1. The van der Waals surface area contributed by atoms with Gasteiger partial charge in [0.2, 0.25) is 0 Å². The van der Waals surface area contributed by atoms with Crippen molar-refractivity contribution in [2.75, 3.05) is 4.90 Å². The number of hydrogen-bond donors (Lipinski definition) is 1. The van der Waals surface area contributed by atoms with Crippen LogP contribution < -0.4 is 4.90 Å². The summed E-state index contributed by atoms with van der Waals surface area (Å²) in [5, 5.41) is 20.8. The molecule has 148 valence electrons. The Balaban J connectivity index is 1.92. The van der Waals surface area contributed by atoms with E-state index in [1.807, 2.05) is 19.1 Å². The number of para-hydroxylation sites is 1. The van der Waals surface area contributed by atoms with E-state index in [0.29, 0.717) is 22.4 Å². The molecule has 3 aromatic carbocycles. The number of amides is 2. The Bertz CT molecular complexity index is 1250. The van der Waals surface area contributed by atoms with Gasteiger partial charge in [-0.2, -0.15) is 0 Å². The average Bonchev–Trinajstić information content (AvgIpc) is 2.73. The summed E-state index contributed by atoms with van der Waals surface area (Å²) in [7, 11) is 0. The maximum Gasteiger partial charge on any atom is 0.311 e. The number of carbonyl (C=O) groups is 2. The van der Waals surface area contributed by atoms with Crippen LogP contribution in [0.15, 0.2) is 66.7 Å². The number of nitro benzene ring substituents is 1. The number of nitro groups is 1. The van der Waals surface area contributed by atoms with Crippen LogP contribution in [-0.2, 0) is 4.79 Å². The molecule has 0 radical (unpaired) electrons. The number of rotatable bonds is 3. The second kappa shape index (κ2) is 7.29. The van der Waals surface area contributed by atoms with Gasteiger partial charge in [-0.25, -0.2) is 4.90 Å². The highest BCUT2D eigenvalue weighted by molar-refractivity contribution is 6.43. The molecule has 0 bridgehead atoms. The Kier molecular flexibility index (Phi) is 4.63. The molecule has 0 fully saturated rings. The third-order valence-corrected chi connectivity index (χ3v) is 4.95. The summed E-state index contributed by atoms with van der Waals surface area (Å²) < 4.78 is 0. The molecule has 0 aromatic heterocycles. The highest BCUT2D eigenvalue weighted by atomic mass is 16.6. The molecule has 1 aliphatic rings. The van der Waals surface area contributed by atoms with Crippen molar-refractivity contribution in [1.82, 2.24) is 0 Å². The van der Waals surface area contributed by atoms with Gasteiger partial charge in [0.25, 0.3) is 11.8 Å². The molecule has 1 aliphatic heterocycles. The summed E-state index contributed by atoms with van der Waals surface area (Å²) in [6.45, 7) is 1.81. The summed E-state index contributed by atoms with van der Waals surface area (Å²) in [6.07, 6.45) is 1.49. The quantitative estimate of drug-likeness (QED) is 0.305. The smallest absolute Gasteiger partial charge is 0.311 e. The number of nitrogens with zero attached hydrogens (tertiary/aromatic N) is 2. The molecule has 0 aliphatic carbocycles. The van der Waals surface area contributed by atoms with Crippen LogP contribution in [0.2, 0.25) is 0 Å². The number of phenols is 1. The first-order valence-corrected chi connectivity index (χ1v) is 9.11. The van der Waals surface area contributed by atoms with Gasteiger partial charge in [-0.15, -0.1) is 0 Å². The van der Waals surface area contributed by atoms with E-state index in [1.165, 1.54) is 24.3 Å². The molecule has 1 N–H and O–H groups in total. The molecule has 0 atom stereocenters. The number of aromatic hydroxyl groups is 1. The maximum atomic E-state index is 13.4. The van der Waals surface area contributed by atoms with E-state index in [1.54, 1.807) is 36.4 Å². The SMILES string of the molecule is Cc1ccccc1N1C(=O)C(=Cc2ccc(O)c([N+](=O)[O-])c2)c2ccccc2C1=O. The Morgan fingerprint density at radius 1 is 0.933 bits per heavy atom. The molecule has 7 nitrogen and oxygen atoms in total. The minimum Gasteiger partial charge on any atom is -0.502 e. The van der Waals surface area contributed by atoms with Crippen LogP contribution in [0.3, 0.4) is 0 Å². The van der Waals surface area contributed by atoms with Crippen LogP contribution in [-0.4, -0.2) is 21.8 Å². The molecular formula is C23H16N2O5. The summed E-state index contributed by atoms with van der Waals surface area (Å²) in [5.74, 6) is -1.42. The normalized spacial score (nSPS) is 14.7. The third kappa shape index (κ3) is 3.12. The monoisotopic (exact) mass is 400 g/mol. The number of imide groups is 1. The fourth-order valence-corrected chi connectivity index (χ4v) is 3.47. The van der Waals surface area contributed by atoms with E-state index in [9.17, 15) is 24.8 Å². The Hall–Kier alpha value is -4.26. The third-order valence-electron chi connectivity index (χ3n) is 4.95. The molecule has 3 aromatic rings. The lowest BCUT2D eigenvalue weighted by atomic mass is 9.91. The van der Waals surface area contributed by atoms with E-state index in [2.05, 4.69) is 0 Å². The molecule has 0 unspecified atom stereocenters. The van der Waals surface area contributed by atoms with Gasteiger partial charge in [0, 0.05) is 17.2 Å². The number of anilines is 1. The fourth-order valence-electron chi connectivity index (χ4n) is 3.47. The maximum absolute atomic E-state index is 13.4. The molecule has 0 spiro atoms. The van der Waals surface area contributed by atoms with Crippen molar-refractivity contribution in [3.63, 3.8) is 0 Å². The minimum atomic E-state index is -0.697. The highest BCUT2D eigenvalue weighted by Crippen LogP contribution is 2.35. The largest absolute Gasteiger partial charge is 0.502 e. The molecule has 0 saturated heterocycles. The van der Waals surface area contributed by atoms with E-state index in [-0.39, 0.29) is 5.57 Å². The van der Waals surface area contributed by atoms with Crippen molar-refractivity contribution < 1.29 is 19.6 Å². The van der Waals surface area contributed by atoms with Gasteiger partial charge in [-0.3, -0.25) is 19.7 Å². The predicted molar refractivity (Wildman–Crippen MR) is 112 cm³/mol. The van der Waals surface area contributed by atoms with Crippen molar-refractivity contribution in [1.29, 1.82) is 0 Å². The zero-order valence-electron chi connectivity index (χ0n) is 15.9. The summed E-state index contributed by atoms with van der Waals surface area (Å²) in [4.78, 5) is 38.1. The van der Waals surface area contributed by atoms with Crippen molar-refractivity contribution >= 4 is 34.8 Å². The Morgan fingerprint density at radius 2 is 1.60 bits per heavy atom. The Labute approximate surface area is 171 Å². The predicted octanol–water partition coefficient (Wildman–Crippen LogP) is 4.34. The molecule has 30 heavy (non-hydrogen) atoms. The molecule has 7 heteroatoms. The minimum absolute atomic E-state index is 0.230. The number of phenolic OH excluding ortho intramolecular Hbond substituents is 1. The molecule has 2 amide bonds. The van der Waals surface area contributed by atoms with Gasteiger partial charge >= 0.3 is 5.69 Å². The van der Waals surface area contributed by atoms with E-state index >= 15 is 0 Å². The van der Waals surface area contributed by atoms with Crippen molar-refractivity contribution in [2.24, 2.45) is 0 Å². The van der Waals surface area contributed by atoms with E-state index < -0.39 is 28.2 Å². The average molecular weight is 400 g/mol. The van der Waals surface area contributed by atoms with Crippen LogP contribution in [0.25, 0.3) is 11.6 Å². The Morgan fingerprint density at radius 3 is 2.30 bits per heavy atom. The fraction of sp³-hybridized carbons (Fsp3) is 0.0435. The number of benzene rings is 3. The highest BCUT2D eigenvalue weighted by Gasteiger charge is 2.36. The summed E-state index contributed by atoms with van der Waals surface area (Å²) >= 11 is 0. The lowest BCUT2D eigenvalue weighted by Crippen LogP contribution is -2.42. The second-order valence-electron chi connectivity index (χ2n) is 6.84. The number of hydrogen-bond acceptors (Lipinski definition) is 5.